The van der Waals surface area contributed by atoms with Gasteiger partial charge in [-0.05, 0) is 58.3 Å². The average Bonchev–Trinajstić information content (AvgIpc) is 3.20. The molecule has 8 nitrogen and oxygen atoms in total. The van der Waals surface area contributed by atoms with Gasteiger partial charge < -0.3 is 24.5 Å². The molecule has 0 aromatic heterocycles. The highest BCUT2D eigenvalue weighted by Crippen LogP contribution is 2.53. The number of nitrogens with zero attached hydrogens (tertiary/aromatic N) is 3. The van der Waals surface area contributed by atoms with Crippen molar-refractivity contribution >= 4 is 29.0 Å². The minimum absolute atomic E-state index is 0.148. The first kappa shape index (κ1) is 23.5. The molecule has 4 rings (SSSR count). The number of likely N-dealkylation sites (tertiary alicyclic amines) is 1. The zero-order valence-electron chi connectivity index (χ0n) is 19.9. The van der Waals surface area contributed by atoms with Crippen LogP contribution in [0.2, 0.25) is 0 Å². The van der Waals surface area contributed by atoms with Gasteiger partial charge in [0.25, 0.3) is 17.6 Å². The van der Waals surface area contributed by atoms with Gasteiger partial charge in [-0.15, -0.1) is 0 Å². The molecular weight excluding hydrogens is 434 g/mol. The van der Waals surface area contributed by atoms with Crippen LogP contribution < -0.4 is 9.64 Å². The lowest BCUT2D eigenvalue weighted by Gasteiger charge is -2.35. The molecule has 2 aromatic carbocycles. The van der Waals surface area contributed by atoms with Crippen molar-refractivity contribution in [2.75, 3.05) is 45.2 Å². The van der Waals surface area contributed by atoms with Crippen LogP contribution in [0.25, 0.3) is 5.76 Å². The fourth-order valence-electron chi connectivity index (χ4n) is 4.80. The third-order valence-electron chi connectivity index (χ3n) is 6.34. The van der Waals surface area contributed by atoms with Gasteiger partial charge in [-0.3, -0.25) is 14.4 Å². The third kappa shape index (κ3) is 3.37. The van der Waals surface area contributed by atoms with Crippen molar-refractivity contribution in [2.24, 2.45) is 0 Å². The number of hydrogen-bond donors (Lipinski definition) is 1. The lowest BCUT2D eigenvalue weighted by Crippen LogP contribution is -2.53. The number of carbonyl (C=O) groups is 3. The number of carbonyl (C=O) groups excluding carboxylic acids is 3. The predicted molar refractivity (Wildman–Crippen MR) is 129 cm³/mol. The molecule has 2 heterocycles. The van der Waals surface area contributed by atoms with E-state index >= 15 is 0 Å². The summed E-state index contributed by atoms with van der Waals surface area (Å²) < 4.78 is 5.47. The van der Waals surface area contributed by atoms with Gasteiger partial charge >= 0.3 is 0 Å². The van der Waals surface area contributed by atoms with Crippen LogP contribution in [0.4, 0.5) is 5.69 Å². The van der Waals surface area contributed by atoms with Crippen LogP contribution in [0.5, 0.6) is 5.75 Å². The Balaban J connectivity index is 1.99. The fourth-order valence-corrected chi connectivity index (χ4v) is 4.80. The Bertz CT molecular complexity index is 1170. The number of likely N-dealkylation sites (N-methyl/N-ethyl adjacent to an activating group) is 2. The van der Waals surface area contributed by atoms with E-state index in [1.807, 2.05) is 38.9 Å². The van der Waals surface area contributed by atoms with Crippen molar-refractivity contribution < 1.29 is 24.2 Å². The summed E-state index contributed by atoms with van der Waals surface area (Å²) in [6.45, 7) is 5.14. The highest BCUT2D eigenvalue weighted by molar-refractivity contribution is 6.50. The molecule has 0 radical (unpaired) electrons. The van der Waals surface area contributed by atoms with Gasteiger partial charge in [0, 0.05) is 30.8 Å². The van der Waals surface area contributed by atoms with Gasteiger partial charge in [-0.25, -0.2) is 0 Å². The molecule has 34 heavy (non-hydrogen) atoms. The summed E-state index contributed by atoms with van der Waals surface area (Å²) in [5, 5.41) is 11.4. The smallest absolute Gasteiger partial charge is 0.296 e. The molecule has 2 aromatic rings. The second kappa shape index (κ2) is 8.95. The summed E-state index contributed by atoms with van der Waals surface area (Å²) in [5.41, 5.74) is -0.446. The molecule has 8 heteroatoms. The van der Waals surface area contributed by atoms with Gasteiger partial charge in [0.15, 0.2) is 5.54 Å². The minimum Gasteiger partial charge on any atom is -0.507 e. The van der Waals surface area contributed by atoms with Crippen LogP contribution in [0, 0.1) is 0 Å². The summed E-state index contributed by atoms with van der Waals surface area (Å²) in [6, 6.07) is 13.7. The molecule has 1 N–H and O–H groups in total. The number of benzene rings is 2. The maximum atomic E-state index is 14.1. The van der Waals surface area contributed by atoms with E-state index in [4.69, 9.17) is 4.74 Å². The van der Waals surface area contributed by atoms with Gasteiger partial charge in [0.1, 0.15) is 11.5 Å². The number of ether oxygens (including phenoxy) is 1. The normalized spacial score (nSPS) is 21.1. The number of anilines is 1. The highest BCUT2D eigenvalue weighted by Gasteiger charge is 2.66. The van der Waals surface area contributed by atoms with Crippen molar-refractivity contribution in [1.29, 1.82) is 0 Å². The zero-order valence-corrected chi connectivity index (χ0v) is 19.9. The SMILES string of the molecule is CCOc1ccc(C(O)=C2C(=O)C(=O)N(CCN(C)C)[C@@]23C(=O)N(CC)c2ccccc23)cc1. The van der Waals surface area contributed by atoms with E-state index in [-0.39, 0.29) is 17.9 Å². The summed E-state index contributed by atoms with van der Waals surface area (Å²) in [4.78, 5) is 45.6. The van der Waals surface area contributed by atoms with Gasteiger partial charge in [0.2, 0.25) is 0 Å². The molecule has 2 aliphatic heterocycles. The lowest BCUT2D eigenvalue weighted by molar-refractivity contribution is -0.143. The van der Waals surface area contributed by atoms with E-state index in [1.54, 1.807) is 47.4 Å². The third-order valence-corrected chi connectivity index (χ3v) is 6.34. The van der Waals surface area contributed by atoms with Crippen LogP contribution >= 0.6 is 0 Å². The molecule has 0 unspecified atom stereocenters. The van der Waals surface area contributed by atoms with Crippen molar-refractivity contribution in [1.82, 2.24) is 9.80 Å². The van der Waals surface area contributed by atoms with E-state index in [2.05, 4.69) is 0 Å². The van der Waals surface area contributed by atoms with Gasteiger partial charge in [0.05, 0.1) is 17.9 Å². The quantitative estimate of drug-likeness (QED) is 0.386. The summed E-state index contributed by atoms with van der Waals surface area (Å²) in [6.07, 6.45) is 0. The van der Waals surface area contributed by atoms with Crippen LogP contribution in [-0.2, 0) is 19.9 Å². The van der Waals surface area contributed by atoms with Gasteiger partial charge in [-0.2, -0.15) is 0 Å². The summed E-state index contributed by atoms with van der Waals surface area (Å²) in [5.74, 6) is -1.85. The number of aliphatic hydroxyl groups is 1. The summed E-state index contributed by atoms with van der Waals surface area (Å²) >= 11 is 0. The number of Topliss-reactive ketones (excluding diaryl/α,β-unsaturated/α-hetero) is 1. The number of aliphatic hydroxyl groups excluding tert-OH is 1. The number of para-hydroxylation sites is 1. The molecule has 0 aliphatic carbocycles. The Morgan fingerprint density at radius 1 is 1.03 bits per heavy atom. The minimum atomic E-state index is -1.72. The maximum absolute atomic E-state index is 14.1. The molecule has 1 atom stereocenters. The summed E-state index contributed by atoms with van der Waals surface area (Å²) in [7, 11) is 3.71. The number of fused-ring (bicyclic) bond motifs is 2. The monoisotopic (exact) mass is 463 g/mol. The number of ketones is 1. The van der Waals surface area contributed by atoms with E-state index in [0.717, 1.165) is 0 Å². The Morgan fingerprint density at radius 3 is 2.32 bits per heavy atom. The molecule has 2 aliphatic rings. The molecule has 1 saturated heterocycles. The molecule has 0 saturated carbocycles. The lowest BCUT2D eigenvalue weighted by atomic mass is 9.82. The van der Waals surface area contributed by atoms with Crippen LogP contribution in [0.15, 0.2) is 54.1 Å². The van der Waals surface area contributed by atoms with Crippen LogP contribution in [0.1, 0.15) is 25.0 Å². The largest absolute Gasteiger partial charge is 0.507 e. The van der Waals surface area contributed by atoms with E-state index in [1.165, 1.54) is 4.90 Å². The topological polar surface area (TPSA) is 90.4 Å². The molecule has 2 amide bonds. The number of amides is 2. The highest BCUT2D eigenvalue weighted by atomic mass is 16.5. The van der Waals surface area contributed by atoms with Gasteiger partial charge in [-0.1, -0.05) is 18.2 Å². The Hall–Kier alpha value is -3.65. The Morgan fingerprint density at radius 2 is 1.71 bits per heavy atom. The first-order valence-corrected chi connectivity index (χ1v) is 11.4. The van der Waals surface area contributed by atoms with Crippen molar-refractivity contribution in [2.45, 2.75) is 19.4 Å². The second-order valence-corrected chi connectivity index (χ2v) is 8.55. The molecule has 0 bridgehead atoms. The predicted octanol–water partition coefficient (Wildman–Crippen LogP) is 2.59. The Kier molecular flexibility index (Phi) is 6.18. The van der Waals surface area contributed by atoms with E-state index < -0.39 is 23.1 Å². The molecule has 1 fully saturated rings. The molecule has 178 valence electrons. The molecular formula is C26H29N3O5. The van der Waals surface area contributed by atoms with Crippen LogP contribution in [-0.4, -0.2) is 72.8 Å². The van der Waals surface area contributed by atoms with E-state index in [9.17, 15) is 19.5 Å². The van der Waals surface area contributed by atoms with E-state index in [0.29, 0.717) is 42.3 Å². The average molecular weight is 464 g/mol. The number of rotatable bonds is 7. The second-order valence-electron chi connectivity index (χ2n) is 8.55. The zero-order chi connectivity index (χ0) is 24.6. The van der Waals surface area contributed by atoms with Crippen molar-refractivity contribution in [3.63, 3.8) is 0 Å². The first-order chi connectivity index (χ1) is 16.3. The molecule has 1 spiro atoms. The van der Waals surface area contributed by atoms with Crippen LogP contribution in [0.3, 0.4) is 0 Å². The Labute approximate surface area is 199 Å². The van der Waals surface area contributed by atoms with Crippen molar-refractivity contribution in [3.05, 3.63) is 65.2 Å². The fraction of sp³-hybridized carbons (Fsp3) is 0.346. The van der Waals surface area contributed by atoms with Crippen molar-refractivity contribution in [3.8, 4) is 5.75 Å². The maximum Gasteiger partial charge on any atom is 0.296 e. The number of hydrogen-bond acceptors (Lipinski definition) is 6. The standard InChI is InChI=1S/C26H29N3O5/c1-5-28-20-10-8-7-9-19(20)26(25(28)33)21(23(31)24(32)29(26)16-15-27(3)4)22(30)17-11-13-18(14-12-17)34-6-2/h7-14,30H,5-6,15-16H2,1-4H3/t26-/m1/s1. The first-order valence-electron chi connectivity index (χ1n) is 11.4.